The molecule has 20 heavy (non-hydrogen) atoms. The Morgan fingerprint density at radius 2 is 1.80 bits per heavy atom. The number of para-hydroxylation sites is 1. The van der Waals surface area contributed by atoms with Crippen LogP contribution in [-0.2, 0) is 6.42 Å². The van der Waals surface area contributed by atoms with Gasteiger partial charge in [-0.1, -0.05) is 60.3 Å². The molecule has 0 unspecified atom stereocenters. The fraction of sp³-hybridized carbons (Fsp3) is 0.111. The van der Waals surface area contributed by atoms with Crippen LogP contribution in [-0.4, -0.2) is 0 Å². The maximum absolute atomic E-state index is 5.22. The lowest BCUT2D eigenvalue weighted by molar-refractivity contribution is 0.468. The predicted molar refractivity (Wildman–Crippen MR) is 85.9 cm³/mol. The zero-order chi connectivity index (χ0) is 13.6. The summed E-state index contributed by atoms with van der Waals surface area (Å²) in [6, 6.07) is 16.6. The van der Waals surface area contributed by atoms with Gasteiger partial charge in [0.25, 0.3) is 0 Å². The van der Waals surface area contributed by atoms with Crippen molar-refractivity contribution in [3.63, 3.8) is 0 Å². The van der Waals surface area contributed by atoms with Crippen molar-refractivity contribution in [1.82, 2.24) is 0 Å². The van der Waals surface area contributed by atoms with Crippen molar-refractivity contribution >= 4 is 17.8 Å². The Labute approximate surface area is 124 Å². The molecule has 0 fully saturated rings. The molecule has 0 saturated carbocycles. The third-order valence-electron chi connectivity index (χ3n) is 3.23. The smallest absolute Gasteiger partial charge is 0.140 e. The molecule has 0 saturated heterocycles. The first-order chi connectivity index (χ1) is 9.93. The molecular formula is C18H16OS. The summed E-state index contributed by atoms with van der Waals surface area (Å²) >= 11 is 1.68. The van der Waals surface area contributed by atoms with E-state index in [1.54, 1.807) is 18.0 Å². The summed E-state index contributed by atoms with van der Waals surface area (Å²) in [6.07, 6.45) is 8.57. The van der Waals surface area contributed by atoms with E-state index < -0.39 is 0 Å². The highest BCUT2D eigenvalue weighted by molar-refractivity contribution is 8.02. The highest BCUT2D eigenvalue weighted by Crippen LogP contribution is 2.32. The van der Waals surface area contributed by atoms with Crippen LogP contribution >= 0.6 is 11.8 Å². The van der Waals surface area contributed by atoms with Crippen LogP contribution in [0.15, 0.2) is 71.2 Å². The Bertz CT molecular complexity index is 616. The Kier molecular flexibility index (Phi) is 4.24. The Balaban J connectivity index is 0.000000121. The van der Waals surface area contributed by atoms with E-state index in [2.05, 4.69) is 36.4 Å². The fourth-order valence-electron chi connectivity index (χ4n) is 2.22. The molecule has 0 amide bonds. The van der Waals surface area contributed by atoms with E-state index in [4.69, 9.17) is 4.74 Å². The molecule has 1 aliphatic carbocycles. The van der Waals surface area contributed by atoms with Gasteiger partial charge < -0.3 is 4.74 Å². The van der Waals surface area contributed by atoms with E-state index in [9.17, 15) is 0 Å². The zero-order valence-electron chi connectivity index (χ0n) is 11.2. The Hall–Kier alpha value is -1.93. The minimum atomic E-state index is 0.954. The molecule has 2 aliphatic rings. The topological polar surface area (TPSA) is 9.23 Å². The second kappa shape index (κ2) is 6.49. The Morgan fingerprint density at radius 1 is 0.950 bits per heavy atom. The van der Waals surface area contributed by atoms with E-state index in [1.165, 1.54) is 28.9 Å². The molecule has 0 aromatic heterocycles. The molecule has 0 bridgehead atoms. The molecule has 1 nitrogen and oxygen atoms in total. The zero-order valence-corrected chi connectivity index (χ0v) is 12.0. The normalized spacial score (nSPS) is 14.4. The molecule has 0 spiro atoms. The largest absolute Gasteiger partial charge is 0.463 e. The summed E-state index contributed by atoms with van der Waals surface area (Å²) in [5.41, 5.74) is 2.89. The van der Waals surface area contributed by atoms with E-state index in [-0.39, 0.29) is 0 Å². The molecule has 0 atom stereocenters. The number of hydrogen-bond donors (Lipinski definition) is 0. The number of fused-ring (bicyclic) bond motifs is 2. The average molecular weight is 280 g/mol. The monoisotopic (exact) mass is 280 g/mol. The minimum absolute atomic E-state index is 0.954. The van der Waals surface area contributed by atoms with Crippen molar-refractivity contribution in [2.24, 2.45) is 0 Å². The lowest BCUT2D eigenvalue weighted by Gasteiger charge is -2.08. The minimum Gasteiger partial charge on any atom is -0.463 e. The average Bonchev–Trinajstić information content (AvgIpc) is 2.56. The van der Waals surface area contributed by atoms with Gasteiger partial charge in [-0.3, -0.25) is 0 Å². The van der Waals surface area contributed by atoms with E-state index >= 15 is 0 Å². The first-order valence-corrected chi connectivity index (χ1v) is 7.63. The summed E-state index contributed by atoms with van der Waals surface area (Å²) in [5, 5.41) is 1.93. The molecule has 2 heteroatoms. The molecule has 100 valence electrons. The van der Waals surface area contributed by atoms with Crippen LogP contribution in [0.5, 0.6) is 5.75 Å². The van der Waals surface area contributed by atoms with Crippen molar-refractivity contribution in [1.29, 1.82) is 0 Å². The van der Waals surface area contributed by atoms with E-state index in [1.807, 2.05) is 29.7 Å². The maximum Gasteiger partial charge on any atom is 0.140 e. The molecule has 2 aromatic rings. The lowest BCUT2D eigenvalue weighted by atomic mass is 9.98. The van der Waals surface area contributed by atoms with Crippen LogP contribution in [0, 0.1) is 0 Å². The number of rotatable bonds is 0. The second-order valence-corrected chi connectivity index (χ2v) is 5.54. The highest BCUT2D eigenvalue weighted by atomic mass is 32.2. The summed E-state index contributed by atoms with van der Waals surface area (Å²) < 4.78 is 5.22. The first-order valence-electron chi connectivity index (χ1n) is 6.75. The van der Waals surface area contributed by atoms with Crippen LogP contribution < -0.4 is 4.74 Å². The van der Waals surface area contributed by atoms with Gasteiger partial charge >= 0.3 is 0 Å². The summed E-state index contributed by atoms with van der Waals surface area (Å²) in [7, 11) is 0. The number of aryl methyl sites for hydroxylation is 1. The fourth-order valence-corrected chi connectivity index (χ4v) is 2.87. The standard InChI is InChI=1S/C10H10.C8H6OS/c1-2-6-10-8-4-3-7-9(10)5-1;1-2-4-8-7(3-1)9-5-6-10-8/h1-3,5-7H,4,8H2;1-6H. The molecule has 0 radical (unpaired) electrons. The summed E-state index contributed by atoms with van der Waals surface area (Å²) in [6.45, 7) is 0. The lowest BCUT2D eigenvalue weighted by Crippen LogP contribution is -1.91. The first kappa shape index (κ1) is 13.1. The van der Waals surface area contributed by atoms with Crippen LogP contribution in [0.3, 0.4) is 0 Å². The van der Waals surface area contributed by atoms with Crippen molar-refractivity contribution in [3.05, 3.63) is 77.4 Å². The van der Waals surface area contributed by atoms with Gasteiger partial charge in [-0.25, -0.2) is 0 Å². The number of allylic oxidation sites excluding steroid dienone is 1. The van der Waals surface area contributed by atoms with Gasteiger partial charge in [0.2, 0.25) is 0 Å². The van der Waals surface area contributed by atoms with Crippen molar-refractivity contribution in [2.75, 3.05) is 0 Å². The summed E-state index contributed by atoms with van der Waals surface area (Å²) in [4.78, 5) is 1.19. The van der Waals surface area contributed by atoms with E-state index in [0.29, 0.717) is 0 Å². The van der Waals surface area contributed by atoms with Crippen molar-refractivity contribution in [2.45, 2.75) is 17.7 Å². The van der Waals surface area contributed by atoms with Gasteiger partial charge in [-0.2, -0.15) is 0 Å². The molecule has 1 aliphatic heterocycles. The number of hydrogen-bond acceptors (Lipinski definition) is 2. The van der Waals surface area contributed by atoms with Crippen LogP contribution in [0.4, 0.5) is 0 Å². The molecule has 1 heterocycles. The Morgan fingerprint density at radius 3 is 2.70 bits per heavy atom. The maximum atomic E-state index is 5.22. The van der Waals surface area contributed by atoms with Gasteiger partial charge in [0.1, 0.15) is 5.75 Å². The number of benzene rings is 2. The van der Waals surface area contributed by atoms with Crippen molar-refractivity contribution < 1.29 is 4.74 Å². The van der Waals surface area contributed by atoms with E-state index in [0.717, 1.165) is 5.75 Å². The molecule has 4 rings (SSSR count). The predicted octanol–water partition coefficient (Wildman–Crippen LogP) is 5.29. The second-order valence-electron chi connectivity index (χ2n) is 4.59. The van der Waals surface area contributed by atoms with Crippen molar-refractivity contribution in [3.8, 4) is 5.75 Å². The van der Waals surface area contributed by atoms with Gasteiger partial charge in [0.05, 0.1) is 11.2 Å². The summed E-state index contributed by atoms with van der Waals surface area (Å²) in [5.74, 6) is 0.954. The van der Waals surface area contributed by atoms with Crippen LogP contribution in [0.1, 0.15) is 17.5 Å². The van der Waals surface area contributed by atoms with Gasteiger partial charge in [0, 0.05) is 5.41 Å². The SMILES string of the molecule is C1=CSc2ccccc2O1.C1=Cc2ccccc2CC1. The third kappa shape index (κ3) is 3.14. The van der Waals surface area contributed by atoms with Gasteiger partial charge in [0.15, 0.2) is 0 Å². The third-order valence-corrected chi connectivity index (χ3v) is 4.07. The highest BCUT2D eigenvalue weighted by Gasteiger charge is 2.03. The van der Waals surface area contributed by atoms with Gasteiger partial charge in [-0.15, -0.1) is 0 Å². The van der Waals surface area contributed by atoms with Crippen LogP contribution in [0.25, 0.3) is 6.08 Å². The van der Waals surface area contributed by atoms with Crippen LogP contribution in [0.2, 0.25) is 0 Å². The quantitative estimate of drug-likeness (QED) is 0.648. The van der Waals surface area contributed by atoms with Gasteiger partial charge in [-0.05, 0) is 36.1 Å². The molecule has 0 N–H and O–H groups in total. The molecule has 2 aromatic carbocycles. The molecular weight excluding hydrogens is 264 g/mol. The number of ether oxygens (including phenoxy) is 1. The number of thioether (sulfide) groups is 1.